The zero-order valence-corrected chi connectivity index (χ0v) is 16.6. The van der Waals surface area contributed by atoms with Crippen molar-refractivity contribution in [3.63, 3.8) is 0 Å². The van der Waals surface area contributed by atoms with E-state index >= 15 is 0 Å². The number of morpholine rings is 1. The maximum Gasteiger partial charge on any atom is 0.345 e. The van der Waals surface area contributed by atoms with E-state index in [9.17, 15) is 9.59 Å². The zero-order valence-electron chi connectivity index (χ0n) is 16.6. The number of rotatable bonds is 4. The molecule has 1 saturated carbocycles. The summed E-state index contributed by atoms with van der Waals surface area (Å²) in [5, 5.41) is 4.53. The lowest BCUT2D eigenvalue weighted by molar-refractivity contribution is -0.144. The number of amides is 1. The minimum Gasteiger partial charge on any atom is -0.372 e. The van der Waals surface area contributed by atoms with Gasteiger partial charge in [-0.3, -0.25) is 14.3 Å². The molecule has 3 fully saturated rings. The van der Waals surface area contributed by atoms with E-state index in [0.29, 0.717) is 31.6 Å². The molecule has 2 atom stereocenters. The Morgan fingerprint density at radius 1 is 1.11 bits per heavy atom. The second-order valence-corrected chi connectivity index (χ2v) is 8.47. The Balaban J connectivity index is 1.34. The second-order valence-electron chi connectivity index (χ2n) is 8.47. The molecule has 0 spiro atoms. The van der Waals surface area contributed by atoms with Crippen LogP contribution in [-0.2, 0) is 16.6 Å². The van der Waals surface area contributed by atoms with Crippen LogP contribution in [0.3, 0.4) is 0 Å². The molecule has 2 saturated heterocycles. The maximum atomic E-state index is 12.7. The fourth-order valence-electron chi connectivity index (χ4n) is 4.47. The SMILES string of the molecule is CC1CN(C(=O)CN2CCC(c3nn(C)c(=O)n3C3CC3)CC2)CC(C)O1. The first-order valence-corrected chi connectivity index (χ1v) is 10.2. The van der Waals surface area contributed by atoms with Crippen molar-refractivity contribution in [1.29, 1.82) is 0 Å². The third-order valence-electron chi connectivity index (χ3n) is 5.98. The molecule has 27 heavy (non-hydrogen) atoms. The van der Waals surface area contributed by atoms with Crippen molar-refractivity contribution in [1.82, 2.24) is 24.1 Å². The molecule has 2 unspecified atom stereocenters. The van der Waals surface area contributed by atoms with Crippen LogP contribution in [0, 0.1) is 0 Å². The van der Waals surface area contributed by atoms with E-state index < -0.39 is 0 Å². The number of nitrogens with zero attached hydrogens (tertiary/aromatic N) is 5. The van der Waals surface area contributed by atoms with Crippen LogP contribution < -0.4 is 5.69 Å². The van der Waals surface area contributed by atoms with Gasteiger partial charge in [-0.15, -0.1) is 0 Å². The van der Waals surface area contributed by atoms with E-state index in [-0.39, 0.29) is 23.8 Å². The van der Waals surface area contributed by atoms with E-state index in [0.717, 1.165) is 44.6 Å². The molecule has 1 aliphatic carbocycles. The van der Waals surface area contributed by atoms with Gasteiger partial charge in [-0.1, -0.05) is 0 Å². The highest BCUT2D eigenvalue weighted by Crippen LogP contribution is 2.37. The molecule has 8 nitrogen and oxygen atoms in total. The standard InChI is InChI=1S/C19H31N5O3/c1-13-10-23(11-14(2)27-13)17(25)12-22-8-6-15(7-9-22)18-20-21(3)19(26)24(18)16-4-5-16/h13-16H,4-12H2,1-3H3. The molecule has 2 aliphatic heterocycles. The lowest BCUT2D eigenvalue weighted by Gasteiger charge is -2.37. The first-order valence-electron chi connectivity index (χ1n) is 10.2. The molecule has 8 heteroatoms. The maximum absolute atomic E-state index is 12.7. The Morgan fingerprint density at radius 2 is 1.74 bits per heavy atom. The number of piperidine rings is 1. The number of likely N-dealkylation sites (tertiary alicyclic amines) is 1. The van der Waals surface area contributed by atoms with Gasteiger partial charge in [-0.2, -0.15) is 5.10 Å². The van der Waals surface area contributed by atoms with Crippen LogP contribution in [0.1, 0.15) is 57.3 Å². The lowest BCUT2D eigenvalue weighted by Crippen LogP contribution is -2.51. The predicted molar refractivity (Wildman–Crippen MR) is 101 cm³/mol. The first kappa shape index (κ1) is 18.7. The van der Waals surface area contributed by atoms with E-state index in [2.05, 4.69) is 10.00 Å². The number of aryl methyl sites for hydroxylation is 1. The predicted octanol–water partition coefficient (Wildman–Crippen LogP) is 0.732. The van der Waals surface area contributed by atoms with Crippen LogP contribution in [0.2, 0.25) is 0 Å². The molecule has 1 aromatic rings. The van der Waals surface area contributed by atoms with Crippen molar-refractivity contribution in [3.05, 3.63) is 16.3 Å². The Hall–Kier alpha value is -1.67. The summed E-state index contributed by atoms with van der Waals surface area (Å²) in [6.07, 6.45) is 4.28. The highest BCUT2D eigenvalue weighted by molar-refractivity contribution is 5.78. The van der Waals surface area contributed by atoms with Crippen LogP contribution in [0.15, 0.2) is 4.79 Å². The summed E-state index contributed by atoms with van der Waals surface area (Å²) in [7, 11) is 1.74. The van der Waals surface area contributed by atoms with Crippen molar-refractivity contribution in [2.75, 3.05) is 32.7 Å². The van der Waals surface area contributed by atoms with Crippen molar-refractivity contribution in [3.8, 4) is 0 Å². The summed E-state index contributed by atoms with van der Waals surface area (Å²) >= 11 is 0. The fourth-order valence-corrected chi connectivity index (χ4v) is 4.47. The summed E-state index contributed by atoms with van der Waals surface area (Å²) < 4.78 is 9.12. The number of hydrogen-bond donors (Lipinski definition) is 0. The molecule has 150 valence electrons. The molecule has 0 N–H and O–H groups in total. The number of carbonyl (C=O) groups is 1. The van der Waals surface area contributed by atoms with Crippen molar-refractivity contribution in [2.45, 2.75) is 63.7 Å². The number of ether oxygens (including phenoxy) is 1. The van der Waals surface area contributed by atoms with Crippen molar-refractivity contribution >= 4 is 5.91 Å². The zero-order chi connectivity index (χ0) is 19.1. The highest BCUT2D eigenvalue weighted by Gasteiger charge is 2.34. The van der Waals surface area contributed by atoms with Crippen LogP contribution in [0.4, 0.5) is 0 Å². The summed E-state index contributed by atoms with van der Waals surface area (Å²) in [6.45, 7) is 7.64. The van der Waals surface area contributed by atoms with Crippen LogP contribution >= 0.6 is 0 Å². The highest BCUT2D eigenvalue weighted by atomic mass is 16.5. The van der Waals surface area contributed by atoms with E-state index in [1.165, 1.54) is 4.68 Å². The van der Waals surface area contributed by atoms with Gasteiger partial charge in [0.25, 0.3) is 0 Å². The molecular weight excluding hydrogens is 346 g/mol. The third kappa shape index (κ3) is 3.96. The third-order valence-corrected chi connectivity index (χ3v) is 5.98. The van der Waals surface area contributed by atoms with E-state index in [4.69, 9.17) is 4.74 Å². The Bertz CT molecular complexity index is 735. The van der Waals surface area contributed by atoms with E-state index in [1.54, 1.807) is 7.05 Å². The molecule has 4 rings (SSSR count). The Labute approximate surface area is 160 Å². The number of carbonyl (C=O) groups excluding carboxylic acids is 1. The van der Waals surface area contributed by atoms with Gasteiger partial charge in [0.2, 0.25) is 5.91 Å². The monoisotopic (exact) mass is 377 g/mol. The molecule has 1 amide bonds. The van der Waals surface area contributed by atoms with Gasteiger partial charge < -0.3 is 9.64 Å². The smallest absolute Gasteiger partial charge is 0.345 e. The quantitative estimate of drug-likeness (QED) is 0.774. The Morgan fingerprint density at radius 3 is 2.33 bits per heavy atom. The van der Waals surface area contributed by atoms with Gasteiger partial charge in [-0.05, 0) is 52.6 Å². The summed E-state index contributed by atoms with van der Waals surface area (Å²) in [5.74, 6) is 1.46. The topological polar surface area (TPSA) is 72.6 Å². The van der Waals surface area contributed by atoms with Crippen LogP contribution in [-0.4, -0.2) is 75.0 Å². The molecule has 0 aromatic carbocycles. The minimum atomic E-state index is 0.0145. The summed E-state index contributed by atoms with van der Waals surface area (Å²) in [5.41, 5.74) is 0.0145. The van der Waals surface area contributed by atoms with Gasteiger partial charge in [0.1, 0.15) is 5.82 Å². The fraction of sp³-hybridized carbons (Fsp3) is 0.842. The van der Waals surface area contributed by atoms with E-state index in [1.807, 2.05) is 23.3 Å². The van der Waals surface area contributed by atoms with Crippen molar-refractivity contribution < 1.29 is 9.53 Å². The normalized spacial score (nSPS) is 27.9. The molecule has 3 heterocycles. The van der Waals surface area contributed by atoms with Gasteiger partial charge in [0.05, 0.1) is 18.8 Å². The molecular formula is C19H31N5O3. The Kier molecular flexibility index (Phi) is 5.11. The van der Waals surface area contributed by atoms with Gasteiger partial charge >= 0.3 is 5.69 Å². The average Bonchev–Trinajstić information content (AvgIpc) is 3.41. The lowest BCUT2D eigenvalue weighted by atomic mass is 9.96. The van der Waals surface area contributed by atoms with Gasteiger partial charge in [0.15, 0.2) is 0 Å². The van der Waals surface area contributed by atoms with Crippen molar-refractivity contribution in [2.24, 2.45) is 7.05 Å². The molecule has 1 aromatic heterocycles. The number of aromatic nitrogens is 3. The van der Waals surface area contributed by atoms with Gasteiger partial charge in [0, 0.05) is 32.1 Å². The average molecular weight is 377 g/mol. The van der Waals surface area contributed by atoms with Gasteiger partial charge in [-0.25, -0.2) is 9.48 Å². The first-order chi connectivity index (χ1) is 12.9. The van der Waals surface area contributed by atoms with Crippen LogP contribution in [0.25, 0.3) is 0 Å². The number of hydrogen-bond acceptors (Lipinski definition) is 5. The molecule has 0 radical (unpaired) electrons. The second kappa shape index (κ2) is 7.39. The summed E-state index contributed by atoms with van der Waals surface area (Å²) in [4.78, 5) is 29.2. The molecule has 0 bridgehead atoms. The molecule has 3 aliphatic rings. The largest absolute Gasteiger partial charge is 0.372 e. The summed E-state index contributed by atoms with van der Waals surface area (Å²) in [6, 6.07) is 0.353. The van der Waals surface area contributed by atoms with Crippen LogP contribution in [0.5, 0.6) is 0 Å². The minimum absolute atomic E-state index is 0.0145.